The zero-order chi connectivity index (χ0) is 30.3. The minimum absolute atomic E-state index is 0.0666. The summed E-state index contributed by atoms with van der Waals surface area (Å²) in [5.74, 6) is -1.05. The van der Waals surface area contributed by atoms with Crippen LogP contribution in [0.3, 0.4) is 0 Å². The lowest BCUT2D eigenvalue weighted by atomic mass is 10.1. The summed E-state index contributed by atoms with van der Waals surface area (Å²) in [7, 11) is -2.86. The molecule has 12 heteroatoms. The molecule has 0 spiro atoms. The molecule has 0 aromatic heterocycles. The third-order valence-electron chi connectivity index (χ3n) is 6.25. The van der Waals surface area contributed by atoms with Gasteiger partial charge in [-0.3, -0.25) is 13.9 Å². The maximum absolute atomic E-state index is 13.9. The van der Waals surface area contributed by atoms with Crippen molar-refractivity contribution in [3.8, 4) is 5.75 Å². The summed E-state index contributed by atoms with van der Waals surface area (Å²) in [6.07, 6.45) is 0. The van der Waals surface area contributed by atoms with E-state index in [0.29, 0.717) is 22.9 Å². The first kappa shape index (κ1) is 32.2. The summed E-state index contributed by atoms with van der Waals surface area (Å²) < 4.78 is 47.4. The number of anilines is 1. The zero-order valence-corrected chi connectivity index (χ0v) is 25.4. The van der Waals surface area contributed by atoms with Crippen molar-refractivity contribution in [3.63, 3.8) is 0 Å². The highest BCUT2D eigenvalue weighted by Crippen LogP contribution is 2.27. The van der Waals surface area contributed by atoms with Crippen molar-refractivity contribution < 1.29 is 27.1 Å². The van der Waals surface area contributed by atoms with Gasteiger partial charge in [0.25, 0.3) is 10.0 Å². The van der Waals surface area contributed by atoms with Crippen molar-refractivity contribution in [1.29, 1.82) is 0 Å². The summed E-state index contributed by atoms with van der Waals surface area (Å²) in [6, 6.07) is 14.2. The van der Waals surface area contributed by atoms with Crippen LogP contribution in [0, 0.1) is 11.7 Å². The smallest absolute Gasteiger partial charge is 0.264 e. The summed E-state index contributed by atoms with van der Waals surface area (Å²) in [5.41, 5.74) is 0.580. The van der Waals surface area contributed by atoms with Crippen molar-refractivity contribution in [1.82, 2.24) is 10.2 Å². The molecular formula is C29H32Cl2FN3O5S. The Morgan fingerprint density at radius 1 is 0.976 bits per heavy atom. The van der Waals surface area contributed by atoms with E-state index >= 15 is 0 Å². The Bertz CT molecular complexity index is 1470. The number of carbonyl (C=O) groups excluding carboxylic acids is 2. The number of methoxy groups -OCH3 is 1. The molecule has 2 amide bonds. The molecule has 0 radical (unpaired) electrons. The second kappa shape index (κ2) is 14.0. The van der Waals surface area contributed by atoms with Gasteiger partial charge >= 0.3 is 0 Å². The maximum Gasteiger partial charge on any atom is 0.264 e. The third-order valence-corrected chi connectivity index (χ3v) is 8.62. The standard InChI is InChI=1S/C29H32Cl2FN3O5S/c1-19(2)16-33-29(37)20(3)34(17-21-5-6-22(30)15-27(21)31)28(36)18-35(24-9-7-23(32)8-10-24)41(38,39)26-13-11-25(40-4)12-14-26/h5-15,19-20H,16-18H2,1-4H3,(H,33,37). The molecule has 3 aromatic carbocycles. The predicted molar refractivity (Wildman–Crippen MR) is 158 cm³/mol. The third kappa shape index (κ3) is 8.34. The Balaban J connectivity index is 2.03. The number of nitrogens with one attached hydrogen (secondary N) is 1. The van der Waals surface area contributed by atoms with Crippen molar-refractivity contribution in [2.24, 2.45) is 5.92 Å². The van der Waals surface area contributed by atoms with Crippen LogP contribution in [0.2, 0.25) is 10.0 Å². The molecule has 1 N–H and O–H groups in total. The van der Waals surface area contributed by atoms with Gasteiger partial charge in [-0.05, 0) is 79.1 Å². The first-order chi connectivity index (χ1) is 19.3. The number of ether oxygens (including phenoxy) is 1. The Kier molecular flexibility index (Phi) is 11.0. The van der Waals surface area contributed by atoms with Crippen LogP contribution < -0.4 is 14.4 Å². The summed E-state index contributed by atoms with van der Waals surface area (Å²) >= 11 is 12.4. The van der Waals surface area contributed by atoms with Crippen molar-refractivity contribution in [2.75, 3.05) is 24.5 Å². The number of carbonyl (C=O) groups is 2. The number of amides is 2. The second-order valence-corrected chi connectivity index (χ2v) is 12.4. The average Bonchev–Trinajstić information content (AvgIpc) is 2.94. The fourth-order valence-corrected chi connectivity index (χ4v) is 5.76. The van der Waals surface area contributed by atoms with Crippen LogP contribution in [0.1, 0.15) is 26.3 Å². The zero-order valence-electron chi connectivity index (χ0n) is 23.1. The van der Waals surface area contributed by atoms with E-state index in [4.69, 9.17) is 27.9 Å². The first-order valence-corrected chi connectivity index (χ1v) is 15.0. The number of rotatable bonds is 12. The van der Waals surface area contributed by atoms with Crippen LogP contribution in [0.25, 0.3) is 0 Å². The number of hydrogen-bond donors (Lipinski definition) is 1. The molecule has 0 heterocycles. The van der Waals surface area contributed by atoms with Gasteiger partial charge in [0, 0.05) is 23.1 Å². The monoisotopic (exact) mass is 623 g/mol. The fourth-order valence-electron chi connectivity index (χ4n) is 3.88. The van der Waals surface area contributed by atoms with Gasteiger partial charge in [-0.1, -0.05) is 43.1 Å². The first-order valence-electron chi connectivity index (χ1n) is 12.8. The van der Waals surface area contributed by atoms with Gasteiger partial charge in [0.05, 0.1) is 17.7 Å². The lowest BCUT2D eigenvalue weighted by Crippen LogP contribution is -2.51. The molecule has 3 aromatic rings. The molecule has 0 saturated heterocycles. The Hall–Kier alpha value is -3.34. The number of halogens is 3. The highest BCUT2D eigenvalue weighted by atomic mass is 35.5. The van der Waals surface area contributed by atoms with Gasteiger partial charge in [0.15, 0.2) is 0 Å². The normalized spacial score (nSPS) is 12.1. The van der Waals surface area contributed by atoms with E-state index in [1.54, 1.807) is 19.1 Å². The maximum atomic E-state index is 13.9. The van der Waals surface area contributed by atoms with Crippen LogP contribution >= 0.6 is 23.2 Å². The second-order valence-electron chi connectivity index (χ2n) is 9.74. The van der Waals surface area contributed by atoms with Gasteiger partial charge in [-0.15, -0.1) is 0 Å². The number of hydrogen-bond acceptors (Lipinski definition) is 5. The lowest BCUT2D eigenvalue weighted by Gasteiger charge is -2.32. The number of benzene rings is 3. The van der Waals surface area contributed by atoms with E-state index in [9.17, 15) is 22.4 Å². The molecule has 220 valence electrons. The highest BCUT2D eigenvalue weighted by molar-refractivity contribution is 7.92. The molecule has 0 aliphatic heterocycles. The molecule has 1 atom stereocenters. The summed E-state index contributed by atoms with van der Waals surface area (Å²) in [6.45, 7) is 5.05. The molecule has 0 fully saturated rings. The highest BCUT2D eigenvalue weighted by Gasteiger charge is 2.33. The Labute approximate surface area is 250 Å². The molecule has 3 rings (SSSR count). The SMILES string of the molecule is COc1ccc(S(=O)(=O)N(CC(=O)N(Cc2ccc(Cl)cc2Cl)C(C)C(=O)NCC(C)C)c2ccc(F)cc2)cc1. The summed E-state index contributed by atoms with van der Waals surface area (Å²) in [5, 5.41) is 3.49. The van der Waals surface area contributed by atoms with E-state index < -0.39 is 40.2 Å². The largest absolute Gasteiger partial charge is 0.497 e. The minimum Gasteiger partial charge on any atom is -0.497 e. The molecule has 0 bridgehead atoms. The number of nitrogens with zero attached hydrogens (tertiary/aromatic N) is 2. The Morgan fingerprint density at radius 3 is 2.17 bits per heavy atom. The van der Waals surface area contributed by atoms with E-state index in [0.717, 1.165) is 16.4 Å². The average molecular weight is 625 g/mol. The molecule has 41 heavy (non-hydrogen) atoms. The van der Waals surface area contributed by atoms with E-state index in [1.165, 1.54) is 54.5 Å². The van der Waals surface area contributed by atoms with Crippen LogP contribution in [-0.2, 0) is 26.2 Å². The summed E-state index contributed by atoms with van der Waals surface area (Å²) in [4.78, 5) is 28.1. The van der Waals surface area contributed by atoms with Crippen molar-refractivity contribution >= 4 is 50.7 Å². The molecule has 8 nitrogen and oxygen atoms in total. The van der Waals surface area contributed by atoms with Gasteiger partial charge in [0.1, 0.15) is 24.2 Å². The predicted octanol–water partition coefficient (Wildman–Crippen LogP) is 5.53. The molecular weight excluding hydrogens is 592 g/mol. The van der Waals surface area contributed by atoms with Crippen molar-refractivity contribution in [3.05, 3.63) is 88.2 Å². The fraction of sp³-hybridized carbons (Fsp3) is 0.310. The quantitative estimate of drug-likeness (QED) is 0.286. The van der Waals surface area contributed by atoms with Crippen LogP contribution in [0.15, 0.2) is 71.6 Å². The van der Waals surface area contributed by atoms with E-state index in [2.05, 4.69) is 5.32 Å². The molecule has 0 saturated carbocycles. The molecule has 0 aliphatic carbocycles. The number of sulfonamides is 1. The van der Waals surface area contributed by atoms with E-state index in [-0.39, 0.29) is 28.1 Å². The molecule has 0 aliphatic rings. The minimum atomic E-state index is -4.31. The van der Waals surface area contributed by atoms with Crippen molar-refractivity contribution in [2.45, 2.75) is 38.3 Å². The molecule has 1 unspecified atom stereocenters. The van der Waals surface area contributed by atoms with Gasteiger partial charge in [0.2, 0.25) is 11.8 Å². The lowest BCUT2D eigenvalue weighted by molar-refractivity contribution is -0.139. The Morgan fingerprint density at radius 2 is 1.61 bits per heavy atom. The van der Waals surface area contributed by atoms with E-state index in [1.807, 2.05) is 13.8 Å². The van der Waals surface area contributed by atoms with Crippen LogP contribution in [0.5, 0.6) is 5.75 Å². The van der Waals surface area contributed by atoms with Gasteiger partial charge in [-0.25, -0.2) is 12.8 Å². The topological polar surface area (TPSA) is 96.0 Å². The van der Waals surface area contributed by atoms with Crippen LogP contribution in [0.4, 0.5) is 10.1 Å². The van der Waals surface area contributed by atoms with Gasteiger partial charge in [-0.2, -0.15) is 0 Å². The van der Waals surface area contributed by atoms with Crippen LogP contribution in [-0.4, -0.2) is 51.4 Å². The van der Waals surface area contributed by atoms with Gasteiger partial charge < -0.3 is 15.0 Å².